The van der Waals surface area contributed by atoms with Crippen LogP contribution in [0.1, 0.15) is 6.92 Å². The number of carbonyl (C=O) groups excluding carboxylic acids is 2. The summed E-state index contributed by atoms with van der Waals surface area (Å²) in [6.07, 6.45) is 0. The van der Waals surface area contributed by atoms with E-state index < -0.39 is 5.25 Å². The van der Waals surface area contributed by atoms with Crippen molar-refractivity contribution in [3.63, 3.8) is 0 Å². The number of hydrogen-bond acceptors (Lipinski definition) is 6. The Labute approximate surface area is 162 Å². The fourth-order valence-electron chi connectivity index (χ4n) is 2.72. The number of aromatic amines is 1. The van der Waals surface area contributed by atoms with Gasteiger partial charge in [-0.2, -0.15) is 0 Å². The number of amides is 3. The number of carbonyl (C=O) groups is 2. The molecule has 0 bridgehead atoms. The van der Waals surface area contributed by atoms with Gasteiger partial charge in [-0.15, -0.1) is 22.7 Å². The van der Waals surface area contributed by atoms with E-state index in [-0.39, 0.29) is 11.9 Å². The summed E-state index contributed by atoms with van der Waals surface area (Å²) >= 11 is 4.62. The molecule has 26 heavy (non-hydrogen) atoms. The molecule has 1 atom stereocenters. The van der Waals surface area contributed by atoms with Crippen LogP contribution >= 0.6 is 34.4 Å². The molecule has 4 heterocycles. The van der Waals surface area contributed by atoms with E-state index >= 15 is 0 Å². The number of imidazole rings is 1. The van der Waals surface area contributed by atoms with E-state index in [4.69, 9.17) is 4.98 Å². The lowest BCUT2D eigenvalue weighted by Gasteiger charge is -2.16. The first-order valence-corrected chi connectivity index (χ1v) is 10.7. The summed E-state index contributed by atoms with van der Waals surface area (Å²) < 4.78 is 0. The minimum atomic E-state index is -0.405. The van der Waals surface area contributed by atoms with E-state index in [9.17, 15) is 9.59 Å². The summed E-state index contributed by atoms with van der Waals surface area (Å²) in [4.78, 5) is 35.8. The Bertz CT molecular complexity index is 866. The van der Waals surface area contributed by atoms with Crippen molar-refractivity contribution in [2.75, 3.05) is 13.1 Å². The highest BCUT2D eigenvalue weighted by Gasteiger charge is 2.31. The molecule has 0 saturated carbocycles. The van der Waals surface area contributed by atoms with Crippen molar-refractivity contribution in [2.24, 2.45) is 0 Å². The standard InChI is InChI=1S/C17H16N4O2S3/c1-10(15(22)21-7-6-18-17(21)23)26-16-19-13(11-4-2-8-24-11)14(20-16)12-5-3-9-25-12/h2-5,8-10H,6-7H2,1H3,(H,18,23)(H,19,20)/t10-/m0/s1. The predicted molar refractivity (Wildman–Crippen MR) is 106 cm³/mol. The van der Waals surface area contributed by atoms with Gasteiger partial charge in [-0.25, -0.2) is 9.78 Å². The summed E-state index contributed by atoms with van der Waals surface area (Å²) in [6.45, 7) is 2.73. The Morgan fingerprint density at radius 1 is 1.27 bits per heavy atom. The van der Waals surface area contributed by atoms with Crippen LogP contribution in [0.3, 0.4) is 0 Å². The maximum absolute atomic E-state index is 12.5. The van der Waals surface area contributed by atoms with E-state index in [0.29, 0.717) is 18.2 Å². The van der Waals surface area contributed by atoms with Gasteiger partial charge in [0.25, 0.3) is 0 Å². The highest BCUT2D eigenvalue weighted by molar-refractivity contribution is 8.00. The van der Waals surface area contributed by atoms with Crippen LogP contribution in [0.2, 0.25) is 0 Å². The second kappa shape index (κ2) is 7.26. The predicted octanol–water partition coefficient (Wildman–Crippen LogP) is 3.90. The zero-order valence-electron chi connectivity index (χ0n) is 13.9. The van der Waals surface area contributed by atoms with Gasteiger partial charge in [-0.3, -0.25) is 9.69 Å². The van der Waals surface area contributed by atoms with Crippen LogP contribution in [0.5, 0.6) is 0 Å². The van der Waals surface area contributed by atoms with Crippen molar-refractivity contribution < 1.29 is 9.59 Å². The molecule has 2 N–H and O–H groups in total. The number of H-pyrrole nitrogens is 1. The van der Waals surface area contributed by atoms with Gasteiger partial charge in [-0.1, -0.05) is 23.9 Å². The molecule has 134 valence electrons. The van der Waals surface area contributed by atoms with Crippen molar-refractivity contribution in [1.29, 1.82) is 0 Å². The molecular weight excluding hydrogens is 388 g/mol. The summed E-state index contributed by atoms with van der Waals surface area (Å²) in [7, 11) is 0. The van der Waals surface area contributed by atoms with Gasteiger partial charge < -0.3 is 10.3 Å². The molecule has 1 aliphatic heterocycles. The number of nitrogens with zero attached hydrogens (tertiary/aromatic N) is 2. The van der Waals surface area contributed by atoms with Gasteiger partial charge in [0.1, 0.15) is 5.69 Å². The van der Waals surface area contributed by atoms with Crippen LogP contribution in [0.25, 0.3) is 21.1 Å². The number of thioether (sulfide) groups is 1. The molecule has 0 aromatic carbocycles. The molecule has 4 rings (SSSR count). The Hall–Kier alpha value is -2.10. The smallest absolute Gasteiger partial charge is 0.324 e. The summed E-state index contributed by atoms with van der Waals surface area (Å²) in [5, 5.41) is 6.98. The summed E-state index contributed by atoms with van der Waals surface area (Å²) in [5.41, 5.74) is 1.85. The van der Waals surface area contributed by atoms with Crippen molar-refractivity contribution >= 4 is 46.4 Å². The van der Waals surface area contributed by atoms with Crippen LogP contribution in [-0.2, 0) is 4.79 Å². The topological polar surface area (TPSA) is 78.1 Å². The Balaban J connectivity index is 1.60. The third-order valence-corrected chi connectivity index (χ3v) is 6.70. The Kier molecular flexibility index (Phi) is 4.84. The van der Waals surface area contributed by atoms with Gasteiger partial charge in [0.2, 0.25) is 5.91 Å². The van der Waals surface area contributed by atoms with E-state index in [2.05, 4.69) is 10.3 Å². The molecule has 0 radical (unpaired) electrons. The average molecular weight is 405 g/mol. The SMILES string of the molecule is C[C@H](Sc1nc(-c2cccs2)c(-c2cccs2)[nH]1)C(=O)N1CCNC1=O. The number of urea groups is 1. The number of hydrogen-bond donors (Lipinski definition) is 2. The number of rotatable bonds is 5. The molecule has 0 aliphatic carbocycles. The van der Waals surface area contributed by atoms with Crippen LogP contribution in [0.4, 0.5) is 4.79 Å². The molecule has 9 heteroatoms. The lowest BCUT2D eigenvalue weighted by molar-refractivity contribution is -0.126. The summed E-state index contributed by atoms with van der Waals surface area (Å²) in [6, 6.07) is 7.77. The Morgan fingerprint density at radius 3 is 2.62 bits per heavy atom. The molecule has 1 saturated heterocycles. The third kappa shape index (κ3) is 3.29. The van der Waals surface area contributed by atoms with Gasteiger partial charge in [0.15, 0.2) is 5.16 Å². The van der Waals surface area contributed by atoms with Crippen LogP contribution in [0.15, 0.2) is 40.2 Å². The lowest BCUT2D eigenvalue weighted by Crippen LogP contribution is -2.38. The molecule has 3 aromatic heterocycles. The first-order valence-electron chi connectivity index (χ1n) is 8.07. The van der Waals surface area contributed by atoms with E-state index in [1.165, 1.54) is 16.7 Å². The maximum atomic E-state index is 12.5. The zero-order valence-corrected chi connectivity index (χ0v) is 16.3. The normalized spacial score (nSPS) is 15.3. The largest absolute Gasteiger partial charge is 0.336 e. The van der Waals surface area contributed by atoms with Crippen molar-refractivity contribution in [2.45, 2.75) is 17.3 Å². The van der Waals surface area contributed by atoms with Crippen LogP contribution in [0, 0.1) is 0 Å². The molecule has 0 unspecified atom stereocenters. The molecule has 1 fully saturated rings. The first-order chi connectivity index (χ1) is 12.6. The molecule has 1 aliphatic rings. The Morgan fingerprint density at radius 2 is 2.00 bits per heavy atom. The monoisotopic (exact) mass is 404 g/mol. The van der Waals surface area contributed by atoms with Gasteiger partial charge in [0.05, 0.1) is 20.7 Å². The van der Waals surface area contributed by atoms with E-state index in [0.717, 1.165) is 21.1 Å². The molecule has 3 aromatic rings. The lowest BCUT2D eigenvalue weighted by atomic mass is 10.2. The second-order valence-corrected chi connectivity index (χ2v) is 8.93. The quantitative estimate of drug-likeness (QED) is 0.632. The minimum absolute atomic E-state index is 0.197. The van der Waals surface area contributed by atoms with Crippen LogP contribution in [-0.4, -0.2) is 45.1 Å². The summed E-state index contributed by atoms with van der Waals surface area (Å²) in [5.74, 6) is -0.197. The number of imide groups is 1. The molecular formula is C17H16N4O2S3. The first kappa shape index (κ1) is 17.3. The van der Waals surface area contributed by atoms with E-state index in [1.807, 2.05) is 35.0 Å². The maximum Gasteiger partial charge on any atom is 0.324 e. The fraction of sp³-hybridized carbons (Fsp3) is 0.235. The van der Waals surface area contributed by atoms with Crippen LogP contribution < -0.4 is 5.32 Å². The second-order valence-electron chi connectivity index (χ2n) is 5.70. The third-order valence-electron chi connectivity index (χ3n) is 3.96. The number of thiophene rings is 2. The average Bonchev–Trinajstić information content (AvgIpc) is 3.40. The minimum Gasteiger partial charge on any atom is -0.336 e. The van der Waals surface area contributed by atoms with Crippen molar-refractivity contribution in [1.82, 2.24) is 20.2 Å². The van der Waals surface area contributed by atoms with Crippen molar-refractivity contribution in [3.05, 3.63) is 35.0 Å². The highest BCUT2D eigenvalue weighted by atomic mass is 32.2. The molecule has 0 spiro atoms. The van der Waals surface area contributed by atoms with Gasteiger partial charge in [-0.05, 0) is 29.8 Å². The van der Waals surface area contributed by atoms with Crippen molar-refractivity contribution in [3.8, 4) is 21.1 Å². The van der Waals surface area contributed by atoms with E-state index in [1.54, 1.807) is 29.6 Å². The number of nitrogens with one attached hydrogen (secondary N) is 2. The fourth-order valence-corrected chi connectivity index (χ4v) is 5.03. The van der Waals surface area contributed by atoms with Gasteiger partial charge in [0, 0.05) is 13.1 Å². The molecule has 6 nitrogen and oxygen atoms in total. The zero-order chi connectivity index (χ0) is 18.1. The molecule has 3 amide bonds. The van der Waals surface area contributed by atoms with Gasteiger partial charge >= 0.3 is 6.03 Å². The number of aromatic nitrogens is 2. The highest BCUT2D eigenvalue weighted by Crippen LogP contribution is 2.37.